The highest BCUT2D eigenvalue weighted by molar-refractivity contribution is 5.93. The standard InChI is InChI=1S/C23H29N3O2/c1-3-18-11-7-8-14-20(18)24-21(27)17-25(2)22(19-12-5-4-6-13-19)23(28)26-15-9-10-16-26/h4-8,11-14,22H,3,9-10,15-17H2,1-2H3,(H,24,27)/t22-/m1/s1. The molecule has 0 aliphatic carbocycles. The van der Waals surface area contributed by atoms with Crippen LogP contribution >= 0.6 is 0 Å². The number of likely N-dealkylation sites (tertiary alicyclic amines) is 1. The molecule has 0 bridgehead atoms. The van der Waals surface area contributed by atoms with Crippen molar-refractivity contribution in [2.24, 2.45) is 0 Å². The molecular weight excluding hydrogens is 350 g/mol. The number of carbonyl (C=O) groups excluding carboxylic acids is 2. The number of hydrogen-bond donors (Lipinski definition) is 1. The van der Waals surface area contributed by atoms with Gasteiger partial charge in [-0.15, -0.1) is 0 Å². The quantitative estimate of drug-likeness (QED) is 0.801. The summed E-state index contributed by atoms with van der Waals surface area (Å²) in [5, 5.41) is 3.00. The normalized spacial score (nSPS) is 14.9. The smallest absolute Gasteiger partial charge is 0.244 e. The van der Waals surface area contributed by atoms with Gasteiger partial charge in [0.05, 0.1) is 6.54 Å². The van der Waals surface area contributed by atoms with Gasteiger partial charge in [0.25, 0.3) is 0 Å². The first kappa shape index (κ1) is 20.1. The summed E-state index contributed by atoms with van der Waals surface area (Å²) in [4.78, 5) is 29.6. The summed E-state index contributed by atoms with van der Waals surface area (Å²) in [5.41, 5.74) is 2.86. The van der Waals surface area contributed by atoms with Gasteiger partial charge in [-0.05, 0) is 43.5 Å². The molecule has 1 fully saturated rings. The van der Waals surface area contributed by atoms with Crippen LogP contribution in [0.4, 0.5) is 5.69 Å². The summed E-state index contributed by atoms with van der Waals surface area (Å²) in [7, 11) is 1.84. The third-order valence-electron chi connectivity index (χ3n) is 5.27. The number of anilines is 1. The zero-order chi connectivity index (χ0) is 19.9. The summed E-state index contributed by atoms with van der Waals surface area (Å²) in [6, 6.07) is 17.1. The lowest BCUT2D eigenvalue weighted by Gasteiger charge is -2.30. The van der Waals surface area contributed by atoms with Crippen molar-refractivity contribution in [3.05, 3.63) is 65.7 Å². The third kappa shape index (κ3) is 4.78. The van der Waals surface area contributed by atoms with E-state index in [1.54, 1.807) is 0 Å². The minimum atomic E-state index is -0.452. The van der Waals surface area contributed by atoms with Crippen LogP contribution in [0.25, 0.3) is 0 Å². The van der Waals surface area contributed by atoms with Crippen molar-refractivity contribution >= 4 is 17.5 Å². The maximum atomic E-state index is 13.2. The van der Waals surface area contributed by atoms with Crippen molar-refractivity contribution < 1.29 is 9.59 Å². The second kappa shape index (κ2) is 9.51. The van der Waals surface area contributed by atoms with Crippen molar-refractivity contribution in [1.29, 1.82) is 0 Å². The predicted molar refractivity (Wildman–Crippen MR) is 112 cm³/mol. The third-order valence-corrected chi connectivity index (χ3v) is 5.27. The first-order valence-electron chi connectivity index (χ1n) is 10.0. The molecule has 148 valence electrons. The number of likely N-dealkylation sites (N-methyl/N-ethyl adjacent to an activating group) is 1. The fourth-order valence-electron chi connectivity index (χ4n) is 3.79. The maximum Gasteiger partial charge on any atom is 0.244 e. The van der Waals surface area contributed by atoms with Crippen LogP contribution < -0.4 is 5.32 Å². The Morgan fingerprint density at radius 1 is 1.04 bits per heavy atom. The molecule has 2 aromatic rings. The van der Waals surface area contributed by atoms with Gasteiger partial charge in [-0.1, -0.05) is 55.5 Å². The number of benzene rings is 2. The van der Waals surface area contributed by atoms with Crippen LogP contribution in [0.3, 0.4) is 0 Å². The van der Waals surface area contributed by atoms with Crippen LogP contribution in [0, 0.1) is 0 Å². The van der Waals surface area contributed by atoms with Crippen LogP contribution in [0.15, 0.2) is 54.6 Å². The highest BCUT2D eigenvalue weighted by Crippen LogP contribution is 2.24. The summed E-state index contributed by atoms with van der Waals surface area (Å²) < 4.78 is 0. The van der Waals surface area contributed by atoms with E-state index >= 15 is 0 Å². The number of rotatable bonds is 7. The van der Waals surface area contributed by atoms with E-state index in [4.69, 9.17) is 0 Å². The zero-order valence-electron chi connectivity index (χ0n) is 16.7. The second-order valence-electron chi connectivity index (χ2n) is 7.32. The predicted octanol–water partition coefficient (Wildman–Crippen LogP) is 3.48. The average molecular weight is 380 g/mol. The fourth-order valence-corrected chi connectivity index (χ4v) is 3.79. The van der Waals surface area contributed by atoms with E-state index in [2.05, 4.69) is 12.2 Å². The molecule has 2 aromatic carbocycles. The Balaban J connectivity index is 1.74. The largest absolute Gasteiger partial charge is 0.341 e. The average Bonchev–Trinajstić information content (AvgIpc) is 3.24. The van der Waals surface area contributed by atoms with E-state index in [1.165, 1.54) is 0 Å². The molecule has 1 saturated heterocycles. The van der Waals surface area contributed by atoms with Crippen LogP contribution in [0.5, 0.6) is 0 Å². The van der Waals surface area contributed by atoms with Crippen molar-refractivity contribution in [3.63, 3.8) is 0 Å². The number of amides is 2. The first-order chi connectivity index (χ1) is 13.6. The molecule has 0 aromatic heterocycles. The van der Waals surface area contributed by atoms with Gasteiger partial charge in [-0.2, -0.15) is 0 Å². The van der Waals surface area contributed by atoms with Crippen LogP contribution in [-0.2, 0) is 16.0 Å². The molecule has 0 radical (unpaired) electrons. The Bertz CT molecular complexity index is 801. The van der Waals surface area contributed by atoms with E-state index in [0.29, 0.717) is 0 Å². The molecule has 3 rings (SSSR count). The number of aryl methyl sites for hydroxylation is 1. The fraction of sp³-hybridized carbons (Fsp3) is 0.391. The van der Waals surface area contributed by atoms with Gasteiger partial charge in [-0.25, -0.2) is 0 Å². The summed E-state index contributed by atoms with van der Waals surface area (Å²) in [6.45, 7) is 3.81. The maximum absolute atomic E-state index is 13.2. The molecular formula is C23H29N3O2. The monoisotopic (exact) mass is 379 g/mol. The number of nitrogens with zero attached hydrogens (tertiary/aromatic N) is 2. The van der Waals surface area contributed by atoms with Crippen molar-refractivity contribution in [1.82, 2.24) is 9.80 Å². The Morgan fingerprint density at radius 2 is 1.68 bits per heavy atom. The zero-order valence-corrected chi connectivity index (χ0v) is 16.7. The number of hydrogen-bond acceptors (Lipinski definition) is 3. The lowest BCUT2D eigenvalue weighted by molar-refractivity contribution is -0.136. The minimum Gasteiger partial charge on any atom is -0.341 e. The molecule has 0 spiro atoms. The SMILES string of the molecule is CCc1ccccc1NC(=O)CN(C)[C@@H](C(=O)N1CCCC1)c1ccccc1. The van der Waals surface area contributed by atoms with Gasteiger partial charge in [0, 0.05) is 18.8 Å². The lowest BCUT2D eigenvalue weighted by Crippen LogP contribution is -2.43. The van der Waals surface area contributed by atoms with Gasteiger partial charge in [0.2, 0.25) is 11.8 Å². The molecule has 5 nitrogen and oxygen atoms in total. The van der Waals surface area contributed by atoms with Gasteiger partial charge in [0.15, 0.2) is 0 Å². The molecule has 28 heavy (non-hydrogen) atoms. The van der Waals surface area contributed by atoms with Crippen LogP contribution in [0.1, 0.15) is 36.9 Å². The Morgan fingerprint density at radius 3 is 2.36 bits per heavy atom. The molecule has 1 heterocycles. The van der Waals surface area contributed by atoms with Crippen LogP contribution in [-0.4, -0.2) is 48.3 Å². The molecule has 0 saturated carbocycles. The van der Waals surface area contributed by atoms with E-state index in [-0.39, 0.29) is 18.4 Å². The molecule has 0 unspecified atom stereocenters. The molecule has 2 amide bonds. The topological polar surface area (TPSA) is 52.7 Å². The molecule has 5 heteroatoms. The highest BCUT2D eigenvalue weighted by atomic mass is 16.2. The second-order valence-corrected chi connectivity index (χ2v) is 7.32. The molecule has 1 atom stereocenters. The van der Waals surface area contributed by atoms with Gasteiger partial charge in [-0.3, -0.25) is 14.5 Å². The highest BCUT2D eigenvalue weighted by Gasteiger charge is 2.31. The number of para-hydroxylation sites is 1. The van der Waals surface area contributed by atoms with Crippen molar-refractivity contribution in [2.45, 2.75) is 32.2 Å². The number of nitrogens with one attached hydrogen (secondary N) is 1. The van der Waals surface area contributed by atoms with Crippen molar-refractivity contribution in [3.8, 4) is 0 Å². The summed E-state index contributed by atoms with van der Waals surface area (Å²) in [6.07, 6.45) is 2.95. The molecule has 1 N–H and O–H groups in total. The first-order valence-corrected chi connectivity index (χ1v) is 10.0. The lowest BCUT2D eigenvalue weighted by atomic mass is 10.0. The van der Waals surface area contributed by atoms with Gasteiger partial charge >= 0.3 is 0 Å². The Labute approximate surface area is 167 Å². The van der Waals surface area contributed by atoms with E-state index in [1.807, 2.05) is 71.4 Å². The van der Waals surface area contributed by atoms with E-state index in [0.717, 1.165) is 49.2 Å². The van der Waals surface area contributed by atoms with Gasteiger partial charge < -0.3 is 10.2 Å². The van der Waals surface area contributed by atoms with Crippen LogP contribution in [0.2, 0.25) is 0 Å². The van der Waals surface area contributed by atoms with E-state index in [9.17, 15) is 9.59 Å². The molecule has 1 aliphatic heterocycles. The van der Waals surface area contributed by atoms with Gasteiger partial charge in [0.1, 0.15) is 6.04 Å². The minimum absolute atomic E-state index is 0.0768. The van der Waals surface area contributed by atoms with E-state index < -0.39 is 6.04 Å². The molecule has 1 aliphatic rings. The Hall–Kier alpha value is -2.66. The summed E-state index contributed by atoms with van der Waals surface area (Å²) >= 11 is 0. The summed E-state index contributed by atoms with van der Waals surface area (Å²) in [5.74, 6) is -0.0356. The van der Waals surface area contributed by atoms with Crippen molar-refractivity contribution in [2.75, 3.05) is 32.0 Å². The number of carbonyl (C=O) groups is 2. The Kier molecular flexibility index (Phi) is 6.82.